The lowest BCUT2D eigenvalue weighted by molar-refractivity contribution is 0.513. The van der Waals surface area contributed by atoms with Gasteiger partial charge in [-0.1, -0.05) is 64.0 Å². The Bertz CT molecular complexity index is 322. The van der Waals surface area contributed by atoms with Gasteiger partial charge >= 0.3 is 0 Å². The van der Waals surface area contributed by atoms with Gasteiger partial charge in [0, 0.05) is 6.54 Å². The highest BCUT2D eigenvalue weighted by Gasteiger charge is 2.09. The second-order valence-corrected chi connectivity index (χ2v) is 5.42. The summed E-state index contributed by atoms with van der Waals surface area (Å²) in [4.78, 5) is 0. The Morgan fingerprint density at radius 2 is 1.74 bits per heavy atom. The third-order valence-corrected chi connectivity index (χ3v) is 3.53. The molecule has 1 aromatic heterocycles. The van der Waals surface area contributed by atoms with Gasteiger partial charge in [0.15, 0.2) is 0 Å². The molecule has 1 atom stereocenters. The van der Waals surface area contributed by atoms with Crippen LogP contribution in [-0.4, -0.2) is 15.0 Å². The number of aryl methyl sites for hydroxylation is 1. The van der Waals surface area contributed by atoms with Gasteiger partial charge in [-0.15, -0.1) is 5.10 Å². The molecule has 1 aromatic rings. The summed E-state index contributed by atoms with van der Waals surface area (Å²) in [7, 11) is 0. The molecule has 1 unspecified atom stereocenters. The summed E-state index contributed by atoms with van der Waals surface area (Å²) in [5.41, 5.74) is 6.96. The maximum atomic E-state index is 6.03. The number of rotatable bonds is 11. The second-order valence-electron chi connectivity index (χ2n) is 5.42. The van der Waals surface area contributed by atoms with Gasteiger partial charge in [0.25, 0.3) is 0 Å². The van der Waals surface area contributed by atoms with Gasteiger partial charge in [0.05, 0.1) is 17.9 Å². The van der Waals surface area contributed by atoms with E-state index in [2.05, 4.69) is 24.2 Å². The summed E-state index contributed by atoms with van der Waals surface area (Å²) in [5, 5.41) is 8.32. The molecule has 1 heterocycles. The van der Waals surface area contributed by atoms with Gasteiger partial charge in [-0.05, 0) is 12.8 Å². The van der Waals surface area contributed by atoms with Crippen LogP contribution in [-0.2, 0) is 6.54 Å². The summed E-state index contributed by atoms with van der Waals surface area (Å²) in [6.07, 6.45) is 13.4. The fraction of sp³-hybridized carbons (Fsp3) is 0.867. The highest BCUT2D eigenvalue weighted by Crippen LogP contribution is 2.12. The van der Waals surface area contributed by atoms with Crippen molar-refractivity contribution in [3.05, 3.63) is 11.9 Å². The Labute approximate surface area is 117 Å². The molecule has 0 aromatic carbocycles. The molecule has 0 aliphatic rings. The fourth-order valence-electron chi connectivity index (χ4n) is 2.28. The number of nitrogens with two attached hydrogens (primary N) is 1. The first-order valence-corrected chi connectivity index (χ1v) is 7.93. The smallest absolute Gasteiger partial charge is 0.0994 e. The van der Waals surface area contributed by atoms with Gasteiger partial charge in [0.2, 0.25) is 0 Å². The van der Waals surface area contributed by atoms with Gasteiger partial charge in [-0.2, -0.15) is 0 Å². The van der Waals surface area contributed by atoms with Gasteiger partial charge in [0.1, 0.15) is 0 Å². The van der Waals surface area contributed by atoms with Gasteiger partial charge in [-0.25, -0.2) is 0 Å². The first kappa shape index (κ1) is 16.2. The van der Waals surface area contributed by atoms with E-state index in [1.54, 1.807) is 0 Å². The molecule has 110 valence electrons. The number of hydrogen-bond acceptors (Lipinski definition) is 3. The number of aromatic nitrogens is 3. The Hall–Kier alpha value is -0.900. The van der Waals surface area contributed by atoms with E-state index in [0.717, 1.165) is 25.1 Å². The van der Waals surface area contributed by atoms with Gasteiger partial charge < -0.3 is 5.73 Å². The van der Waals surface area contributed by atoms with E-state index in [0.29, 0.717) is 0 Å². The van der Waals surface area contributed by atoms with Crippen LogP contribution in [0.15, 0.2) is 6.20 Å². The Morgan fingerprint density at radius 3 is 2.42 bits per heavy atom. The van der Waals surface area contributed by atoms with E-state index in [1.807, 2.05) is 10.9 Å². The molecular formula is C15H30N4. The molecule has 0 saturated heterocycles. The average molecular weight is 266 g/mol. The summed E-state index contributed by atoms with van der Waals surface area (Å²) in [6, 6.07) is 0.0489. The lowest BCUT2D eigenvalue weighted by atomic mass is 10.1. The molecule has 0 bridgehead atoms. The first-order chi connectivity index (χ1) is 9.27. The van der Waals surface area contributed by atoms with Crippen molar-refractivity contribution in [2.45, 2.75) is 84.2 Å². The van der Waals surface area contributed by atoms with Crippen LogP contribution in [0.3, 0.4) is 0 Å². The highest BCUT2D eigenvalue weighted by atomic mass is 15.4. The standard InChI is InChI=1S/C15H30N4/c1-3-5-6-7-8-9-10-12-19-13-15(17-18-19)14(16)11-4-2/h13-14H,3-12,16H2,1-2H3. The molecule has 0 radical (unpaired) electrons. The topological polar surface area (TPSA) is 56.7 Å². The Morgan fingerprint density at radius 1 is 1.05 bits per heavy atom. The monoisotopic (exact) mass is 266 g/mol. The van der Waals surface area contributed by atoms with Crippen LogP contribution in [0.2, 0.25) is 0 Å². The van der Waals surface area contributed by atoms with Crippen LogP contribution in [0.5, 0.6) is 0 Å². The van der Waals surface area contributed by atoms with Crippen molar-refractivity contribution in [2.75, 3.05) is 0 Å². The third kappa shape index (κ3) is 6.71. The lowest BCUT2D eigenvalue weighted by Gasteiger charge is -2.04. The minimum Gasteiger partial charge on any atom is -0.323 e. The van der Waals surface area contributed by atoms with E-state index in [1.165, 1.54) is 44.9 Å². The molecule has 4 nitrogen and oxygen atoms in total. The van der Waals surface area contributed by atoms with Crippen LogP contribution < -0.4 is 5.73 Å². The zero-order valence-corrected chi connectivity index (χ0v) is 12.6. The molecule has 0 amide bonds. The molecule has 0 aliphatic carbocycles. The van der Waals surface area contributed by atoms with Crippen LogP contribution in [0.1, 0.15) is 83.4 Å². The SMILES string of the molecule is CCCCCCCCCn1cc(C(N)CCC)nn1. The maximum absolute atomic E-state index is 6.03. The molecule has 0 saturated carbocycles. The average Bonchev–Trinajstić information content (AvgIpc) is 2.87. The molecule has 1 rings (SSSR count). The first-order valence-electron chi connectivity index (χ1n) is 7.93. The predicted octanol–water partition coefficient (Wildman–Crippen LogP) is 3.83. The van der Waals surface area contributed by atoms with Gasteiger partial charge in [-0.3, -0.25) is 4.68 Å². The molecule has 19 heavy (non-hydrogen) atoms. The second kappa shape index (κ2) is 9.96. The predicted molar refractivity (Wildman–Crippen MR) is 79.9 cm³/mol. The van der Waals surface area contributed by atoms with E-state index in [9.17, 15) is 0 Å². The van der Waals surface area contributed by atoms with E-state index < -0.39 is 0 Å². The lowest BCUT2D eigenvalue weighted by Crippen LogP contribution is -2.10. The van der Waals surface area contributed by atoms with Crippen molar-refractivity contribution in [3.8, 4) is 0 Å². The van der Waals surface area contributed by atoms with Crippen molar-refractivity contribution < 1.29 is 0 Å². The van der Waals surface area contributed by atoms with E-state index in [4.69, 9.17) is 5.73 Å². The van der Waals surface area contributed by atoms with Crippen molar-refractivity contribution >= 4 is 0 Å². The fourth-order valence-corrected chi connectivity index (χ4v) is 2.28. The Kier molecular flexibility index (Phi) is 8.47. The number of unbranched alkanes of at least 4 members (excludes halogenated alkanes) is 6. The van der Waals surface area contributed by atoms with Crippen molar-refractivity contribution in [1.29, 1.82) is 0 Å². The molecule has 4 heteroatoms. The van der Waals surface area contributed by atoms with E-state index >= 15 is 0 Å². The zero-order chi connectivity index (χ0) is 13.9. The summed E-state index contributed by atoms with van der Waals surface area (Å²) < 4.78 is 1.94. The minimum absolute atomic E-state index is 0.0489. The highest BCUT2D eigenvalue weighted by molar-refractivity contribution is 4.99. The van der Waals surface area contributed by atoms with Crippen LogP contribution in [0.4, 0.5) is 0 Å². The normalized spacial score (nSPS) is 12.8. The number of nitrogens with zero attached hydrogens (tertiary/aromatic N) is 3. The molecule has 0 spiro atoms. The van der Waals surface area contributed by atoms with Crippen molar-refractivity contribution in [2.24, 2.45) is 5.73 Å². The largest absolute Gasteiger partial charge is 0.323 e. The van der Waals surface area contributed by atoms with Crippen LogP contribution >= 0.6 is 0 Å². The molecule has 0 aliphatic heterocycles. The maximum Gasteiger partial charge on any atom is 0.0994 e. The number of hydrogen-bond donors (Lipinski definition) is 1. The Balaban J connectivity index is 2.13. The third-order valence-electron chi connectivity index (χ3n) is 3.53. The van der Waals surface area contributed by atoms with E-state index in [-0.39, 0.29) is 6.04 Å². The molecule has 2 N–H and O–H groups in total. The summed E-state index contributed by atoms with van der Waals surface area (Å²) >= 11 is 0. The summed E-state index contributed by atoms with van der Waals surface area (Å²) in [5.74, 6) is 0. The van der Waals surface area contributed by atoms with Crippen LogP contribution in [0.25, 0.3) is 0 Å². The quantitative estimate of drug-likeness (QED) is 0.619. The molecule has 0 fully saturated rings. The van der Waals surface area contributed by atoms with Crippen molar-refractivity contribution in [1.82, 2.24) is 15.0 Å². The zero-order valence-electron chi connectivity index (χ0n) is 12.6. The minimum atomic E-state index is 0.0489. The van der Waals surface area contributed by atoms with Crippen molar-refractivity contribution in [3.63, 3.8) is 0 Å². The molecular weight excluding hydrogens is 236 g/mol. The summed E-state index contributed by atoms with van der Waals surface area (Å²) in [6.45, 7) is 5.37. The van der Waals surface area contributed by atoms with Crippen LogP contribution in [0, 0.1) is 0 Å².